The minimum atomic E-state index is -0.987. The fourth-order valence-corrected chi connectivity index (χ4v) is 1.70. The van der Waals surface area contributed by atoms with Crippen molar-refractivity contribution in [1.82, 2.24) is 4.98 Å². The summed E-state index contributed by atoms with van der Waals surface area (Å²) in [5, 5.41) is 9.45. The molecule has 4 heteroatoms. The molecule has 2 rings (SSSR count). The number of carboxylic acids is 1. The van der Waals surface area contributed by atoms with Crippen molar-refractivity contribution in [3.63, 3.8) is 0 Å². The van der Waals surface area contributed by atoms with Gasteiger partial charge in [-0.25, -0.2) is 4.79 Å². The lowest BCUT2D eigenvalue weighted by Crippen LogP contribution is -2.09. The third-order valence-electron chi connectivity index (χ3n) is 2.75. The minimum absolute atomic E-state index is 0.341. The first-order valence-corrected chi connectivity index (χ1v) is 5.29. The van der Waals surface area contributed by atoms with Crippen LogP contribution in [0.4, 0.5) is 0 Å². The molecule has 0 bridgehead atoms. The van der Waals surface area contributed by atoms with Gasteiger partial charge in [0.05, 0.1) is 5.52 Å². The third-order valence-corrected chi connectivity index (χ3v) is 2.75. The van der Waals surface area contributed by atoms with Crippen LogP contribution in [0.15, 0.2) is 24.4 Å². The molecule has 0 atom stereocenters. The van der Waals surface area contributed by atoms with Crippen LogP contribution in [0, 0.1) is 13.8 Å². The van der Waals surface area contributed by atoms with Gasteiger partial charge < -0.3 is 9.84 Å². The highest BCUT2D eigenvalue weighted by atomic mass is 16.5. The zero-order valence-corrected chi connectivity index (χ0v) is 9.73. The first-order valence-electron chi connectivity index (χ1n) is 5.29. The summed E-state index contributed by atoms with van der Waals surface area (Å²) in [4.78, 5) is 14.8. The molecule has 0 aliphatic heterocycles. The summed E-state index contributed by atoms with van der Waals surface area (Å²) in [6.45, 7) is 3.67. The maximum absolute atomic E-state index is 10.5. The fraction of sp³-hybridized carbons (Fsp3) is 0.231. The van der Waals surface area contributed by atoms with Gasteiger partial charge >= 0.3 is 5.97 Å². The number of hydrogen-bond donors (Lipinski definition) is 1. The number of carbonyl (C=O) groups is 1. The quantitative estimate of drug-likeness (QED) is 0.880. The number of rotatable bonds is 3. The number of ether oxygens (including phenoxy) is 1. The lowest BCUT2D eigenvalue weighted by atomic mass is 10.1. The number of aliphatic carboxylic acids is 1. The van der Waals surface area contributed by atoms with Gasteiger partial charge in [0.25, 0.3) is 0 Å². The van der Waals surface area contributed by atoms with E-state index in [9.17, 15) is 4.79 Å². The minimum Gasteiger partial charge on any atom is -0.481 e. The zero-order valence-electron chi connectivity index (χ0n) is 9.73. The first-order chi connectivity index (χ1) is 8.09. The van der Waals surface area contributed by atoms with Crippen LogP contribution in [0.2, 0.25) is 0 Å². The Hall–Kier alpha value is -2.10. The maximum Gasteiger partial charge on any atom is 0.341 e. The van der Waals surface area contributed by atoms with Crippen LogP contribution in [-0.2, 0) is 4.79 Å². The average Bonchev–Trinajstić information content (AvgIpc) is 2.31. The van der Waals surface area contributed by atoms with E-state index in [-0.39, 0.29) is 6.61 Å². The molecule has 88 valence electrons. The Labute approximate surface area is 98.9 Å². The van der Waals surface area contributed by atoms with Crippen molar-refractivity contribution in [2.75, 3.05) is 6.61 Å². The third kappa shape index (κ3) is 2.20. The molecular weight excluding hydrogens is 218 g/mol. The molecule has 17 heavy (non-hydrogen) atoms. The molecule has 0 saturated heterocycles. The Kier molecular flexibility index (Phi) is 2.95. The van der Waals surface area contributed by atoms with Crippen LogP contribution in [0.1, 0.15) is 11.1 Å². The summed E-state index contributed by atoms with van der Waals surface area (Å²) < 4.78 is 5.24. The van der Waals surface area contributed by atoms with E-state index in [2.05, 4.69) is 4.98 Å². The molecule has 0 fully saturated rings. The number of benzene rings is 1. The SMILES string of the molecule is Cc1ccc2c(OCC(=O)O)ccnc2c1C. The largest absolute Gasteiger partial charge is 0.481 e. The standard InChI is InChI=1S/C13H13NO3/c1-8-3-4-10-11(17-7-12(15)16)5-6-14-13(10)9(8)2/h3-6H,7H2,1-2H3,(H,15,16). The average molecular weight is 231 g/mol. The van der Waals surface area contributed by atoms with Gasteiger partial charge in [-0.15, -0.1) is 0 Å². The topological polar surface area (TPSA) is 59.4 Å². The van der Waals surface area contributed by atoms with Crippen molar-refractivity contribution in [3.05, 3.63) is 35.5 Å². The first kappa shape index (κ1) is 11.4. The number of nitrogens with zero attached hydrogens (tertiary/aromatic N) is 1. The smallest absolute Gasteiger partial charge is 0.341 e. The van der Waals surface area contributed by atoms with Crippen molar-refractivity contribution in [1.29, 1.82) is 0 Å². The van der Waals surface area contributed by atoms with E-state index in [0.717, 1.165) is 22.0 Å². The molecule has 4 nitrogen and oxygen atoms in total. The highest BCUT2D eigenvalue weighted by Gasteiger charge is 2.08. The van der Waals surface area contributed by atoms with Gasteiger partial charge in [-0.2, -0.15) is 0 Å². The molecule has 0 aliphatic carbocycles. The molecular formula is C13H13NO3. The van der Waals surface area contributed by atoms with Crippen LogP contribution >= 0.6 is 0 Å². The molecule has 0 aliphatic rings. The Balaban J connectivity index is 2.51. The van der Waals surface area contributed by atoms with Crippen molar-refractivity contribution in [2.45, 2.75) is 13.8 Å². The van der Waals surface area contributed by atoms with E-state index in [0.29, 0.717) is 5.75 Å². The van der Waals surface area contributed by atoms with Crippen LogP contribution < -0.4 is 4.74 Å². The second kappa shape index (κ2) is 4.41. The van der Waals surface area contributed by atoms with Crippen molar-refractivity contribution >= 4 is 16.9 Å². The predicted octanol–water partition coefficient (Wildman–Crippen LogP) is 2.32. The summed E-state index contributed by atoms with van der Waals surface area (Å²) in [6.07, 6.45) is 1.63. The number of fused-ring (bicyclic) bond motifs is 1. The van der Waals surface area contributed by atoms with Crippen molar-refractivity contribution in [3.8, 4) is 5.75 Å². The van der Waals surface area contributed by atoms with Crippen molar-refractivity contribution in [2.24, 2.45) is 0 Å². The van der Waals surface area contributed by atoms with E-state index in [1.165, 1.54) is 0 Å². The molecule has 1 aromatic carbocycles. The van der Waals surface area contributed by atoms with Crippen molar-refractivity contribution < 1.29 is 14.6 Å². The maximum atomic E-state index is 10.5. The molecule has 0 amide bonds. The monoisotopic (exact) mass is 231 g/mol. The summed E-state index contributed by atoms with van der Waals surface area (Å²) >= 11 is 0. The fourth-order valence-electron chi connectivity index (χ4n) is 1.70. The summed E-state index contributed by atoms with van der Waals surface area (Å²) in [7, 11) is 0. The number of hydrogen-bond acceptors (Lipinski definition) is 3. The van der Waals surface area contributed by atoms with Crippen LogP contribution in [0.3, 0.4) is 0 Å². The van der Waals surface area contributed by atoms with E-state index in [4.69, 9.17) is 9.84 Å². The molecule has 1 heterocycles. The summed E-state index contributed by atoms with van der Waals surface area (Å²) in [5.74, 6) is -0.431. The Morgan fingerprint density at radius 2 is 2.12 bits per heavy atom. The van der Waals surface area contributed by atoms with Crippen LogP contribution in [-0.4, -0.2) is 22.7 Å². The zero-order chi connectivity index (χ0) is 12.4. The number of carboxylic acid groups (broad SMARTS) is 1. The van der Waals surface area contributed by atoms with Crippen LogP contribution in [0.5, 0.6) is 5.75 Å². The second-order valence-corrected chi connectivity index (χ2v) is 3.90. The normalized spacial score (nSPS) is 10.5. The van der Waals surface area contributed by atoms with Gasteiger partial charge in [0, 0.05) is 11.6 Å². The highest BCUT2D eigenvalue weighted by molar-refractivity contribution is 5.88. The molecule has 1 aromatic heterocycles. The van der Waals surface area contributed by atoms with E-state index < -0.39 is 5.97 Å². The van der Waals surface area contributed by atoms with E-state index in [1.807, 2.05) is 26.0 Å². The lowest BCUT2D eigenvalue weighted by Gasteiger charge is -2.09. The predicted molar refractivity (Wildman–Crippen MR) is 64.3 cm³/mol. The van der Waals surface area contributed by atoms with Crippen LogP contribution in [0.25, 0.3) is 10.9 Å². The Morgan fingerprint density at radius 1 is 1.35 bits per heavy atom. The molecule has 1 N–H and O–H groups in total. The number of pyridine rings is 1. The molecule has 0 unspecified atom stereocenters. The lowest BCUT2D eigenvalue weighted by molar-refractivity contribution is -0.139. The highest BCUT2D eigenvalue weighted by Crippen LogP contribution is 2.27. The number of aryl methyl sites for hydroxylation is 2. The number of aromatic nitrogens is 1. The van der Waals surface area contributed by atoms with Gasteiger partial charge in [0.2, 0.25) is 0 Å². The van der Waals surface area contributed by atoms with E-state index >= 15 is 0 Å². The Bertz CT molecular complexity index is 578. The summed E-state index contributed by atoms with van der Waals surface area (Å²) in [6, 6.07) is 5.56. The van der Waals surface area contributed by atoms with Gasteiger partial charge in [-0.3, -0.25) is 4.98 Å². The molecule has 0 spiro atoms. The van der Waals surface area contributed by atoms with Gasteiger partial charge in [0.15, 0.2) is 6.61 Å². The van der Waals surface area contributed by atoms with Gasteiger partial charge in [-0.1, -0.05) is 6.07 Å². The summed E-state index contributed by atoms with van der Waals surface area (Å²) in [5.41, 5.74) is 3.09. The van der Waals surface area contributed by atoms with Gasteiger partial charge in [-0.05, 0) is 37.1 Å². The Morgan fingerprint density at radius 3 is 2.82 bits per heavy atom. The van der Waals surface area contributed by atoms with Gasteiger partial charge in [0.1, 0.15) is 5.75 Å². The molecule has 2 aromatic rings. The second-order valence-electron chi connectivity index (χ2n) is 3.90. The molecule has 0 saturated carbocycles. The van der Waals surface area contributed by atoms with E-state index in [1.54, 1.807) is 12.3 Å². The molecule has 0 radical (unpaired) electrons.